The predicted octanol–water partition coefficient (Wildman–Crippen LogP) is 2.36. The molecule has 0 saturated carbocycles. The standard InChI is InChI=1S/C10H8N2OS/c1-13-10-3-6-2-7(5-11)8(12)4-9(6)14-10/h2-4H,12H2,1H3. The number of nitrogen functional groups attached to an aromatic ring is 1. The SMILES string of the molecule is COc1cc2cc(C#N)c(N)cc2s1. The molecular formula is C10H8N2OS. The lowest BCUT2D eigenvalue weighted by Crippen LogP contribution is -1.88. The van der Waals surface area contributed by atoms with Gasteiger partial charge in [0.05, 0.1) is 18.4 Å². The van der Waals surface area contributed by atoms with Gasteiger partial charge in [-0.15, -0.1) is 0 Å². The number of methoxy groups -OCH3 is 1. The number of hydrogen-bond acceptors (Lipinski definition) is 4. The van der Waals surface area contributed by atoms with Gasteiger partial charge in [0.15, 0.2) is 5.06 Å². The lowest BCUT2D eigenvalue weighted by atomic mass is 10.1. The predicted molar refractivity (Wildman–Crippen MR) is 57.5 cm³/mol. The molecule has 1 heterocycles. The van der Waals surface area contributed by atoms with Gasteiger partial charge in [-0.2, -0.15) is 5.26 Å². The van der Waals surface area contributed by atoms with Crippen molar-refractivity contribution in [1.82, 2.24) is 0 Å². The van der Waals surface area contributed by atoms with Crippen LogP contribution >= 0.6 is 11.3 Å². The van der Waals surface area contributed by atoms with Crippen molar-refractivity contribution >= 4 is 27.1 Å². The summed E-state index contributed by atoms with van der Waals surface area (Å²) in [6, 6.07) is 7.54. The minimum absolute atomic E-state index is 0.512. The van der Waals surface area contributed by atoms with Crippen molar-refractivity contribution < 1.29 is 4.74 Å². The van der Waals surface area contributed by atoms with E-state index in [9.17, 15) is 0 Å². The number of hydrogen-bond donors (Lipinski definition) is 1. The van der Waals surface area contributed by atoms with Crippen LogP contribution in [-0.2, 0) is 0 Å². The number of thiophene rings is 1. The molecule has 2 aromatic rings. The Labute approximate surface area is 85.3 Å². The van der Waals surface area contributed by atoms with Crippen molar-refractivity contribution in [3.63, 3.8) is 0 Å². The molecular weight excluding hydrogens is 196 g/mol. The van der Waals surface area contributed by atoms with E-state index in [4.69, 9.17) is 15.7 Å². The Hall–Kier alpha value is -1.73. The highest BCUT2D eigenvalue weighted by molar-refractivity contribution is 7.20. The third-order valence-electron chi connectivity index (χ3n) is 1.99. The van der Waals surface area contributed by atoms with Gasteiger partial charge >= 0.3 is 0 Å². The summed E-state index contributed by atoms with van der Waals surface area (Å²) in [6.07, 6.45) is 0. The molecule has 4 heteroatoms. The van der Waals surface area contributed by atoms with Crippen LogP contribution in [-0.4, -0.2) is 7.11 Å². The van der Waals surface area contributed by atoms with Crippen LogP contribution in [0.5, 0.6) is 5.06 Å². The number of nitrogens with zero attached hydrogens (tertiary/aromatic N) is 1. The normalized spacial score (nSPS) is 10.0. The zero-order valence-corrected chi connectivity index (χ0v) is 8.39. The summed E-state index contributed by atoms with van der Waals surface area (Å²) in [5.74, 6) is 0. The van der Waals surface area contributed by atoms with Crippen molar-refractivity contribution in [2.75, 3.05) is 12.8 Å². The molecule has 0 saturated heterocycles. The monoisotopic (exact) mass is 204 g/mol. The second kappa shape index (κ2) is 3.20. The fourth-order valence-corrected chi connectivity index (χ4v) is 2.18. The molecule has 0 aliphatic rings. The van der Waals surface area contributed by atoms with Crippen LogP contribution in [0.15, 0.2) is 18.2 Å². The van der Waals surface area contributed by atoms with Crippen molar-refractivity contribution in [2.24, 2.45) is 0 Å². The molecule has 0 aliphatic carbocycles. The maximum absolute atomic E-state index is 8.78. The number of nitriles is 1. The summed E-state index contributed by atoms with van der Waals surface area (Å²) >= 11 is 1.52. The van der Waals surface area contributed by atoms with Gasteiger partial charge in [0.1, 0.15) is 6.07 Å². The van der Waals surface area contributed by atoms with Gasteiger partial charge in [-0.1, -0.05) is 11.3 Å². The van der Waals surface area contributed by atoms with E-state index in [1.54, 1.807) is 19.2 Å². The van der Waals surface area contributed by atoms with E-state index in [1.165, 1.54) is 11.3 Å². The number of nitrogens with two attached hydrogens (primary N) is 1. The molecule has 0 amide bonds. The fraction of sp³-hybridized carbons (Fsp3) is 0.100. The first-order chi connectivity index (χ1) is 6.74. The van der Waals surface area contributed by atoms with Crippen molar-refractivity contribution in [1.29, 1.82) is 5.26 Å². The van der Waals surface area contributed by atoms with Gasteiger partial charge in [-0.3, -0.25) is 0 Å². The highest BCUT2D eigenvalue weighted by atomic mass is 32.1. The van der Waals surface area contributed by atoms with Gasteiger partial charge in [0, 0.05) is 4.70 Å². The van der Waals surface area contributed by atoms with Crippen LogP contribution in [0.2, 0.25) is 0 Å². The highest BCUT2D eigenvalue weighted by Gasteiger charge is 2.05. The molecule has 0 unspecified atom stereocenters. The molecule has 1 aromatic carbocycles. The molecule has 1 aromatic heterocycles. The maximum atomic E-state index is 8.78. The van der Waals surface area contributed by atoms with Gasteiger partial charge in [0.2, 0.25) is 0 Å². The number of benzene rings is 1. The molecule has 0 fully saturated rings. The zero-order valence-electron chi connectivity index (χ0n) is 7.57. The third kappa shape index (κ3) is 1.28. The smallest absolute Gasteiger partial charge is 0.174 e. The van der Waals surface area contributed by atoms with Gasteiger partial charge in [-0.05, 0) is 23.6 Å². The Morgan fingerprint density at radius 2 is 2.21 bits per heavy atom. The van der Waals surface area contributed by atoms with Crippen LogP contribution in [0.25, 0.3) is 10.1 Å². The second-order valence-electron chi connectivity index (χ2n) is 2.86. The van der Waals surface area contributed by atoms with Gasteiger partial charge in [-0.25, -0.2) is 0 Å². The molecule has 3 nitrogen and oxygen atoms in total. The van der Waals surface area contributed by atoms with Crippen molar-refractivity contribution in [3.05, 3.63) is 23.8 Å². The average molecular weight is 204 g/mol. The van der Waals surface area contributed by atoms with Crippen LogP contribution in [0.1, 0.15) is 5.56 Å². The van der Waals surface area contributed by atoms with Gasteiger partial charge < -0.3 is 10.5 Å². The number of rotatable bonds is 1. The fourth-order valence-electron chi connectivity index (χ4n) is 1.28. The van der Waals surface area contributed by atoms with Gasteiger partial charge in [0.25, 0.3) is 0 Å². The number of fused-ring (bicyclic) bond motifs is 1. The van der Waals surface area contributed by atoms with Crippen LogP contribution < -0.4 is 10.5 Å². The number of ether oxygens (including phenoxy) is 1. The lowest BCUT2D eigenvalue weighted by Gasteiger charge is -1.95. The first kappa shape index (κ1) is 8.85. The molecule has 0 atom stereocenters. The minimum atomic E-state index is 0.512. The molecule has 0 aliphatic heterocycles. The van der Waals surface area contributed by atoms with E-state index in [0.29, 0.717) is 11.3 Å². The summed E-state index contributed by atoms with van der Waals surface area (Å²) in [6.45, 7) is 0. The molecule has 0 radical (unpaired) electrons. The Balaban J connectivity index is 2.71. The molecule has 14 heavy (non-hydrogen) atoms. The van der Waals surface area contributed by atoms with E-state index >= 15 is 0 Å². The second-order valence-corrected chi connectivity index (χ2v) is 3.90. The third-order valence-corrected chi connectivity index (χ3v) is 3.05. The Kier molecular flexibility index (Phi) is 2.02. The summed E-state index contributed by atoms with van der Waals surface area (Å²) in [4.78, 5) is 0. The molecule has 2 rings (SSSR count). The Morgan fingerprint density at radius 3 is 2.86 bits per heavy atom. The first-order valence-corrected chi connectivity index (χ1v) is 4.83. The molecule has 0 spiro atoms. The largest absolute Gasteiger partial charge is 0.487 e. The van der Waals surface area contributed by atoms with E-state index in [1.807, 2.05) is 6.07 Å². The zero-order chi connectivity index (χ0) is 10.1. The van der Waals surface area contributed by atoms with E-state index in [2.05, 4.69) is 6.07 Å². The molecule has 2 N–H and O–H groups in total. The summed E-state index contributed by atoms with van der Waals surface area (Å²) in [5, 5.41) is 10.6. The molecule has 0 bridgehead atoms. The van der Waals surface area contributed by atoms with Crippen LogP contribution in [0.3, 0.4) is 0 Å². The highest BCUT2D eigenvalue weighted by Crippen LogP contribution is 2.33. The van der Waals surface area contributed by atoms with Crippen molar-refractivity contribution in [3.8, 4) is 11.1 Å². The quantitative estimate of drug-likeness (QED) is 0.725. The minimum Gasteiger partial charge on any atom is -0.487 e. The van der Waals surface area contributed by atoms with Crippen LogP contribution in [0, 0.1) is 11.3 Å². The lowest BCUT2D eigenvalue weighted by molar-refractivity contribution is 0.427. The van der Waals surface area contributed by atoms with Crippen molar-refractivity contribution in [2.45, 2.75) is 0 Å². The first-order valence-electron chi connectivity index (χ1n) is 4.01. The molecule has 70 valence electrons. The van der Waals surface area contributed by atoms with E-state index in [0.717, 1.165) is 15.1 Å². The van der Waals surface area contributed by atoms with Crippen LogP contribution in [0.4, 0.5) is 5.69 Å². The summed E-state index contributed by atoms with van der Waals surface area (Å²) in [5.41, 5.74) is 6.72. The van der Waals surface area contributed by atoms with E-state index < -0.39 is 0 Å². The Morgan fingerprint density at radius 1 is 1.43 bits per heavy atom. The number of anilines is 1. The maximum Gasteiger partial charge on any atom is 0.174 e. The summed E-state index contributed by atoms with van der Waals surface area (Å²) in [7, 11) is 1.62. The topological polar surface area (TPSA) is 59.0 Å². The average Bonchev–Trinajstić information content (AvgIpc) is 2.58. The van der Waals surface area contributed by atoms with E-state index in [-0.39, 0.29) is 0 Å². The Bertz CT molecular complexity index is 525. The summed E-state index contributed by atoms with van der Waals surface area (Å²) < 4.78 is 6.15.